The number of aromatic nitrogens is 1. The van der Waals surface area contributed by atoms with E-state index in [9.17, 15) is 4.79 Å². The van der Waals surface area contributed by atoms with E-state index in [0.717, 1.165) is 0 Å². The van der Waals surface area contributed by atoms with E-state index in [4.69, 9.17) is 15.6 Å². The Morgan fingerprint density at radius 2 is 2.47 bits per heavy atom. The highest BCUT2D eigenvalue weighted by Crippen LogP contribution is 2.01. The maximum absolute atomic E-state index is 11.8. The van der Waals surface area contributed by atoms with E-state index in [0.29, 0.717) is 11.3 Å². The number of hydrogen-bond donors (Lipinski definition) is 3. The Hall–Kier alpha value is -1.50. The molecule has 0 aliphatic carbocycles. The molecule has 0 aliphatic rings. The predicted molar refractivity (Wildman–Crippen MR) is 62.3 cm³/mol. The second kappa shape index (κ2) is 6.95. The number of amides is 1. The third-order valence-electron chi connectivity index (χ3n) is 2.21. The molecule has 0 aliphatic heterocycles. The highest BCUT2D eigenvalue weighted by atomic mass is 16.5. The first-order valence-electron chi connectivity index (χ1n) is 5.27. The zero-order valence-corrected chi connectivity index (χ0v) is 9.72. The van der Waals surface area contributed by atoms with Crippen molar-refractivity contribution in [3.8, 4) is 0 Å². The van der Waals surface area contributed by atoms with E-state index in [1.165, 1.54) is 13.3 Å². The predicted octanol–water partition coefficient (Wildman–Crippen LogP) is -0.723. The molecule has 0 fully saturated rings. The summed E-state index contributed by atoms with van der Waals surface area (Å²) in [6.45, 7) is 0.369. The van der Waals surface area contributed by atoms with Crippen LogP contribution >= 0.6 is 0 Å². The SMILES string of the molecule is COCC(CO)NC(=O)c1ccnc(CN)c1. The molecule has 1 rings (SSSR count). The summed E-state index contributed by atoms with van der Waals surface area (Å²) in [4.78, 5) is 15.8. The molecule has 17 heavy (non-hydrogen) atoms. The van der Waals surface area contributed by atoms with E-state index >= 15 is 0 Å². The summed E-state index contributed by atoms with van der Waals surface area (Å²) in [7, 11) is 1.51. The van der Waals surface area contributed by atoms with Crippen molar-refractivity contribution in [2.45, 2.75) is 12.6 Å². The van der Waals surface area contributed by atoms with Gasteiger partial charge in [0.1, 0.15) is 0 Å². The molecule has 1 amide bonds. The number of nitrogens with two attached hydrogens (primary N) is 1. The maximum Gasteiger partial charge on any atom is 0.251 e. The van der Waals surface area contributed by atoms with Gasteiger partial charge in [0.05, 0.1) is 24.9 Å². The highest BCUT2D eigenvalue weighted by Gasteiger charge is 2.13. The summed E-state index contributed by atoms with van der Waals surface area (Å²) < 4.78 is 4.87. The van der Waals surface area contributed by atoms with Crippen LogP contribution in [0.3, 0.4) is 0 Å². The van der Waals surface area contributed by atoms with Gasteiger partial charge in [-0.25, -0.2) is 0 Å². The molecular formula is C11H17N3O3. The Bertz CT molecular complexity index is 371. The van der Waals surface area contributed by atoms with Gasteiger partial charge in [-0.15, -0.1) is 0 Å². The van der Waals surface area contributed by atoms with Gasteiger partial charge < -0.3 is 20.9 Å². The Kier molecular flexibility index (Phi) is 5.55. The fourth-order valence-electron chi connectivity index (χ4n) is 1.34. The van der Waals surface area contributed by atoms with Crippen LogP contribution in [0.2, 0.25) is 0 Å². The van der Waals surface area contributed by atoms with Gasteiger partial charge in [0, 0.05) is 25.4 Å². The molecule has 1 aromatic heterocycles. The van der Waals surface area contributed by atoms with Crippen LogP contribution in [0.5, 0.6) is 0 Å². The lowest BCUT2D eigenvalue weighted by molar-refractivity contribution is 0.0839. The molecule has 4 N–H and O–H groups in total. The van der Waals surface area contributed by atoms with E-state index in [-0.39, 0.29) is 25.7 Å². The van der Waals surface area contributed by atoms with Crippen molar-refractivity contribution in [2.24, 2.45) is 5.73 Å². The van der Waals surface area contributed by atoms with Crippen LogP contribution in [0.25, 0.3) is 0 Å². The van der Waals surface area contributed by atoms with Crippen LogP contribution in [-0.4, -0.2) is 42.4 Å². The van der Waals surface area contributed by atoms with Gasteiger partial charge in [-0.1, -0.05) is 0 Å². The molecule has 0 bridgehead atoms. The zero-order chi connectivity index (χ0) is 12.7. The minimum absolute atomic E-state index is 0.172. The molecule has 6 nitrogen and oxygen atoms in total. The van der Waals surface area contributed by atoms with E-state index in [1.807, 2.05) is 0 Å². The molecule has 0 radical (unpaired) electrons. The number of ether oxygens (including phenoxy) is 1. The minimum Gasteiger partial charge on any atom is -0.394 e. The topological polar surface area (TPSA) is 97.5 Å². The van der Waals surface area contributed by atoms with E-state index in [2.05, 4.69) is 10.3 Å². The van der Waals surface area contributed by atoms with Crippen molar-refractivity contribution in [1.82, 2.24) is 10.3 Å². The van der Waals surface area contributed by atoms with Gasteiger partial charge in [-0.05, 0) is 12.1 Å². The van der Waals surface area contributed by atoms with Crippen molar-refractivity contribution in [1.29, 1.82) is 0 Å². The summed E-state index contributed by atoms with van der Waals surface area (Å²) in [5.41, 5.74) is 6.55. The quantitative estimate of drug-likeness (QED) is 0.608. The van der Waals surface area contributed by atoms with Crippen LogP contribution in [-0.2, 0) is 11.3 Å². The summed E-state index contributed by atoms with van der Waals surface area (Å²) in [6, 6.07) is 2.80. The first kappa shape index (κ1) is 13.6. The second-order valence-corrected chi connectivity index (χ2v) is 3.55. The Balaban J connectivity index is 2.68. The Morgan fingerprint density at radius 3 is 3.06 bits per heavy atom. The largest absolute Gasteiger partial charge is 0.394 e. The smallest absolute Gasteiger partial charge is 0.251 e. The number of rotatable bonds is 6. The van der Waals surface area contributed by atoms with Crippen LogP contribution < -0.4 is 11.1 Å². The number of nitrogens with one attached hydrogen (secondary N) is 1. The number of nitrogens with zero attached hydrogens (tertiary/aromatic N) is 1. The molecule has 0 saturated carbocycles. The fourth-order valence-corrected chi connectivity index (χ4v) is 1.34. The lowest BCUT2D eigenvalue weighted by Gasteiger charge is -2.15. The van der Waals surface area contributed by atoms with Crippen molar-refractivity contribution in [3.63, 3.8) is 0 Å². The minimum atomic E-state index is -0.415. The number of aliphatic hydroxyl groups excluding tert-OH is 1. The monoisotopic (exact) mass is 239 g/mol. The van der Waals surface area contributed by atoms with E-state index in [1.54, 1.807) is 12.1 Å². The van der Waals surface area contributed by atoms with E-state index < -0.39 is 6.04 Å². The van der Waals surface area contributed by atoms with Crippen molar-refractivity contribution in [3.05, 3.63) is 29.6 Å². The summed E-state index contributed by atoms with van der Waals surface area (Å²) in [5.74, 6) is -0.279. The molecule has 1 unspecified atom stereocenters. The molecule has 1 heterocycles. The lowest BCUT2D eigenvalue weighted by atomic mass is 10.2. The average Bonchev–Trinajstić information content (AvgIpc) is 2.38. The molecular weight excluding hydrogens is 222 g/mol. The number of hydrogen-bond acceptors (Lipinski definition) is 5. The Morgan fingerprint density at radius 1 is 1.71 bits per heavy atom. The van der Waals surface area contributed by atoms with Crippen LogP contribution in [0.4, 0.5) is 0 Å². The van der Waals surface area contributed by atoms with Crippen LogP contribution in [0, 0.1) is 0 Å². The molecule has 6 heteroatoms. The molecule has 94 valence electrons. The van der Waals surface area contributed by atoms with Gasteiger partial charge in [0.25, 0.3) is 5.91 Å². The number of pyridine rings is 1. The lowest BCUT2D eigenvalue weighted by Crippen LogP contribution is -2.40. The number of methoxy groups -OCH3 is 1. The number of carbonyl (C=O) groups is 1. The molecule has 0 spiro atoms. The fraction of sp³-hybridized carbons (Fsp3) is 0.455. The van der Waals surface area contributed by atoms with Crippen molar-refractivity contribution >= 4 is 5.91 Å². The van der Waals surface area contributed by atoms with Crippen LogP contribution in [0.15, 0.2) is 18.3 Å². The average molecular weight is 239 g/mol. The first-order chi connectivity index (χ1) is 8.21. The molecule has 1 atom stereocenters. The molecule has 1 aromatic rings. The third kappa shape index (κ3) is 4.10. The maximum atomic E-state index is 11.8. The van der Waals surface area contributed by atoms with Gasteiger partial charge in [0.2, 0.25) is 0 Å². The van der Waals surface area contributed by atoms with Gasteiger partial charge >= 0.3 is 0 Å². The second-order valence-electron chi connectivity index (χ2n) is 3.55. The molecule has 0 saturated heterocycles. The van der Waals surface area contributed by atoms with Crippen molar-refractivity contribution in [2.75, 3.05) is 20.3 Å². The normalized spacial score (nSPS) is 12.2. The highest BCUT2D eigenvalue weighted by molar-refractivity contribution is 5.94. The summed E-state index contributed by atoms with van der Waals surface area (Å²) in [5, 5.41) is 11.7. The van der Waals surface area contributed by atoms with Crippen molar-refractivity contribution < 1.29 is 14.6 Å². The summed E-state index contributed by atoms with van der Waals surface area (Å²) >= 11 is 0. The van der Waals surface area contributed by atoms with Gasteiger partial charge in [0.15, 0.2) is 0 Å². The standard InChI is InChI=1S/C11H17N3O3/c1-17-7-10(6-15)14-11(16)8-2-3-13-9(4-8)5-12/h2-4,10,15H,5-7,12H2,1H3,(H,14,16). The first-order valence-corrected chi connectivity index (χ1v) is 5.27. The summed E-state index contributed by atoms with van der Waals surface area (Å²) in [6.07, 6.45) is 1.53. The number of aliphatic hydroxyl groups is 1. The van der Waals surface area contributed by atoms with Crippen LogP contribution in [0.1, 0.15) is 16.1 Å². The zero-order valence-electron chi connectivity index (χ0n) is 9.72. The Labute approximate surface area is 99.8 Å². The van der Waals surface area contributed by atoms with Gasteiger partial charge in [-0.2, -0.15) is 0 Å². The van der Waals surface area contributed by atoms with Gasteiger partial charge in [-0.3, -0.25) is 9.78 Å². The molecule has 0 aromatic carbocycles. The third-order valence-corrected chi connectivity index (χ3v) is 2.21. The number of carbonyl (C=O) groups excluding carboxylic acids is 1.